The highest BCUT2D eigenvalue weighted by Gasteiger charge is 2.54. The largest absolute Gasteiger partial charge is 0.477 e. The standard InChI is InChI=1S/C17H19N5O6S2/c1-28-5-3-2-4-8-6-29-15-11(14(24)22(15)12(8)16(25)26)20-13(23)10(21-27)9-7-30-17(18)19-9/h2,4,7,11,15,27H,3,5-6H2,1H3,(H2,18,19)(H,20,23)(H,25,26)/b4-2+,21-10?/t11-,15-/m1/s1. The molecule has 1 aromatic heterocycles. The minimum atomic E-state index is -1.22. The number of oxime groups is 1. The highest BCUT2D eigenvalue weighted by Crippen LogP contribution is 2.40. The number of nitrogen functional groups attached to an aromatic ring is 1. The van der Waals surface area contributed by atoms with Gasteiger partial charge in [-0.25, -0.2) is 9.78 Å². The Bertz CT molecular complexity index is 956. The average molecular weight is 454 g/mol. The van der Waals surface area contributed by atoms with Crippen LogP contribution in [0.3, 0.4) is 0 Å². The number of carboxylic acid groups (broad SMARTS) is 1. The third kappa shape index (κ3) is 4.17. The summed E-state index contributed by atoms with van der Waals surface area (Å²) in [5.74, 6) is -2.24. The van der Waals surface area contributed by atoms with Gasteiger partial charge in [-0.2, -0.15) is 0 Å². The van der Waals surface area contributed by atoms with Gasteiger partial charge in [0, 0.05) is 24.8 Å². The number of allylic oxidation sites excluding steroid dienone is 1. The number of hydrogen-bond donors (Lipinski definition) is 4. The smallest absolute Gasteiger partial charge is 0.352 e. The van der Waals surface area contributed by atoms with Crippen molar-refractivity contribution >= 4 is 51.7 Å². The van der Waals surface area contributed by atoms with Crippen LogP contribution in [-0.2, 0) is 19.1 Å². The van der Waals surface area contributed by atoms with E-state index >= 15 is 0 Å². The predicted octanol–water partition coefficient (Wildman–Crippen LogP) is 0.235. The van der Waals surface area contributed by atoms with Gasteiger partial charge >= 0.3 is 5.97 Å². The molecule has 2 aliphatic heterocycles. The maximum atomic E-state index is 12.6. The second-order valence-electron chi connectivity index (χ2n) is 6.24. The van der Waals surface area contributed by atoms with Crippen LogP contribution in [0.4, 0.5) is 5.13 Å². The first-order chi connectivity index (χ1) is 14.4. The molecule has 0 aromatic carbocycles. The van der Waals surface area contributed by atoms with E-state index < -0.39 is 29.2 Å². The van der Waals surface area contributed by atoms with E-state index in [0.717, 1.165) is 16.2 Å². The number of anilines is 1. The van der Waals surface area contributed by atoms with Crippen LogP contribution in [0.2, 0.25) is 0 Å². The molecule has 2 amide bonds. The number of carbonyl (C=O) groups is 3. The Labute approximate surface area is 179 Å². The molecule has 5 N–H and O–H groups in total. The van der Waals surface area contributed by atoms with E-state index in [1.54, 1.807) is 19.3 Å². The highest BCUT2D eigenvalue weighted by molar-refractivity contribution is 8.00. The van der Waals surface area contributed by atoms with Gasteiger partial charge in [0.2, 0.25) is 0 Å². The molecule has 1 aromatic rings. The maximum absolute atomic E-state index is 12.6. The van der Waals surface area contributed by atoms with Crippen LogP contribution in [0.1, 0.15) is 12.1 Å². The number of nitrogens with two attached hydrogens (primary N) is 1. The quantitative estimate of drug-likeness (QED) is 0.142. The summed E-state index contributed by atoms with van der Waals surface area (Å²) in [5.41, 5.74) is 5.62. The summed E-state index contributed by atoms with van der Waals surface area (Å²) in [6, 6.07) is -0.955. The number of rotatable bonds is 8. The van der Waals surface area contributed by atoms with Crippen LogP contribution in [0.25, 0.3) is 0 Å². The number of hydrogen-bond acceptors (Lipinski definition) is 10. The van der Waals surface area contributed by atoms with Gasteiger partial charge < -0.3 is 26.1 Å². The Morgan fingerprint density at radius 3 is 2.90 bits per heavy atom. The third-order valence-electron chi connectivity index (χ3n) is 4.37. The number of thiazole rings is 1. The minimum absolute atomic E-state index is 0.0760. The zero-order valence-corrected chi connectivity index (χ0v) is 17.4. The molecule has 0 spiro atoms. The Morgan fingerprint density at radius 1 is 1.53 bits per heavy atom. The predicted molar refractivity (Wildman–Crippen MR) is 110 cm³/mol. The molecule has 0 unspecified atom stereocenters. The molecule has 3 heterocycles. The fourth-order valence-electron chi connectivity index (χ4n) is 3.00. The third-order valence-corrected chi connectivity index (χ3v) is 6.35. The van der Waals surface area contributed by atoms with Crippen molar-refractivity contribution in [2.75, 3.05) is 25.2 Å². The topological polar surface area (TPSA) is 167 Å². The van der Waals surface area contributed by atoms with Crippen LogP contribution in [0.5, 0.6) is 0 Å². The van der Waals surface area contributed by atoms with Gasteiger partial charge in [0.05, 0.1) is 0 Å². The summed E-state index contributed by atoms with van der Waals surface area (Å²) >= 11 is 2.40. The molecule has 13 heteroatoms. The van der Waals surface area contributed by atoms with E-state index in [9.17, 15) is 24.7 Å². The normalized spacial score (nSPS) is 21.6. The van der Waals surface area contributed by atoms with Crippen molar-refractivity contribution in [3.05, 3.63) is 34.5 Å². The van der Waals surface area contributed by atoms with Crippen molar-refractivity contribution in [1.29, 1.82) is 0 Å². The average Bonchev–Trinajstić information content (AvgIpc) is 3.15. The van der Waals surface area contributed by atoms with Crippen molar-refractivity contribution in [3.63, 3.8) is 0 Å². The number of carbonyl (C=O) groups excluding carboxylic acids is 2. The van der Waals surface area contributed by atoms with Gasteiger partial charge in [-0.3, -0.25) is 14.5 Å². The zero-order chi connectivity index (χ0) is 21.8. The molecule has 160 valence electrons. The molecule has 2 atom stereocenters. The fraction of sp³-hybridized carbons (Fsp3) is 0.353. The van der Waals surface area contributed by atoms with Gasteiger partial charge in [-0.15, -0.1) is 23.1 Å². The number of thioether (sulfide) groups is 1. The van der Waals surface area contributed by atoms with Gasteiger partial charge in [0.15, 0.2) is 10.8 Å². The number of methoxy groups -OCH3 is 1. The zero-order valence-electron chi connectivity index (χ0n) is 15.8. The van der Waals surface area contributed by atoms with E-state index in [-0.39, 0.29) is 22.2 Å². The Balaban J connectivity index is 1.74. The molecule has 30 heavy (non-hydrogen) atoms. The SMILES string of the molecule is COCC/C=C/C1=C(C(=O)O)N2C(=O)[C@@H](NC(=O)C(=NO)c3csc(N)n3)[C@H]2SC1. The molecule has 0 saturated carbocycles. The number of aromatic nitrogens is 1. The van der Waals surface area contributed by atoms with E-state index in [1.807, 2.05) is 0 Å². The second kappa shape index (κ2) is 9.28. The lowest BCUT2D eigenvalue weighted by Crippen LogP contribution is -2.71. The number of nitrogens with one attached hydrogen (secondary N) is 1. The van der Waals surface area contributed by atoms with Crippen LogP contribution in [-0.4, -0.2) is 74.6 Å². The maximum Gasteiger partial charge on any atom is 0.352 e. The molecule has 3 rings (SSSR count). The number of fused-ring (bicyclic) bond motifs is 1. The fourth-order valence-corrected chi connectivity index (χ4v) is 4.87. The Kier molecular flexibility index (Phi) is 6.74. The number of nitrogens with zero attached hydrogens (tertiary/aromatic N) is 3. The molecule has 0 bridgehead atoms. The van der Waals surface area contributed by atoms with Crippen LogP contribution < -0.4 is 11.1 Å². The molecular weight excluding hydrogens is 434 g/mol. The first kappa shape index (κ1) is 21.8. The number of aliphatic carboxylic acids is 1. The number of carboxylic acids is 1. The lowest BCUT2D eigenvalue weighted by atomic mass is 10.0. The van der Waals surface area contributed by atoms with E-state index in [4.69, 9.17) is 10.5 Å². The van der Waals surface area contributed by atoms with E-state index in [0.29, 0.717) is 24.4 Å². The Hall–Kier alpha value is -2.90. The van der Waals surface area contributed by atoms with Gasteiger partial charge in [-0.05, 0) is 12.0 Å². The lowest BCUT2D eigenvalue weighted by Gasteiger charge is -2.49. The first-order valence-corrected chi connectivity index (χ1v) is 10.6. The molecular formula is C17H19N5O6S2. The van der Waals surface area contributed by atoms with Gasteiger partial charge in [-0.1, -0.05) is 17.3 Å². The molecule has 1 fully saturated rings. The molecule has 2 aliphatic rings. The van der Waals surface area contributed by atoms with Crippen LogP contribution in [0, 0.1) is 0 Å². The summed E-state index contributed by atoms with van der Waals surface area (Å²) in [6.07, 6.45) is 4.07. The van der Waals surface area contributed by atoms with Crippen molar-refractivity contribution in [2.24, 2.45) is 5.16 Å². The number of β-lactam (4-membered cyclic amide) rings is 1. The van der Waals surface area contributed by atoms with E-state index in [1.165, 1.54) is 17.1 Å². The molecule has 0 radical (unpaired) electrons. The number of ether oxygens (including phenoxy) is 1. The summed E-state index contributed by atoms with van der Waals surface area (Å²) in [4.78, 5) is 41.9. The first-order valence-electron chi connectivity index (χ1n) is 8.70. The van der Waals surface area contributed by atoms with Gasteiger partial charge in [0.1, 0.15) is 22.8 Å². The summed E-state index contributed by atoms with van der Waals surface area (Å²) < 4.78 is 4.95. The van der Waals surface area contributed by atoms with Crippen molar-refractivity contribution < 1.29 is 29.4 Å². The monoisotopic (exact) mass is 453 g/mol. The molecule has 1 saturated heterocycles. The Morgan fingerprint density at radius 2 is 2.30 bits per heavy atom. The van der Waals surface area contributed by atoms with Crippen molar-refractivity contribution in [1.82, 2.24) is 15.2 Å². The second-order valence-corrected chi connectivity index (χ2v) is 8.24. The highest BCUT2D eigenvalue weighted by atomic mass is 32.2. The van der Waals surface area contributed by atoms with E-state index in [2.05, 4.69) is 15.5 Å². The van der Waals surface area contributed by atoms with Crippen molar-refractivity contribution in [3.8, 4) is 0 Å². The molecule has 11 nitrogen and oxygen atoms in total. The summed E-state index contributed by atoms with van der Waals surface area (Å²) in [5, 5.41) is 25.3. The minimum Gasteiger partial charge on any atom is -0.477 e. The van der Waals surface area contributed by atoms with Crippen LogP contribution in [0.15, 0.2) is 34.0 Å². The summed E-state index contributed by atoms with van der Waals surface area (Å²) in [6.45, 7) is 0.498. The van der Waals surface area contributed by atoms with Crippen LogP contribution >= 0.6 is 23.1 Å². The van der Waals surface area contributed by atoms with Gasteiger partial charge in [0.25, 0.3) is 11.8 Å². The summed E-state index contributed by atoms with van der Waals surface area (Å²) in [7, 11) is 1.57. The number of amides is 2. The molecule has 0 aliphatic carbocycles. The van der Waals surface area contributed by atoms with Crippen molar-refractivity contribution in [2.45, 2.75) is 17.8 Å². The lowest BCUT2D eigenvalue weighted by molar-refractivity contribution is -0.150.